The zero-order valence-electron chi connectivity index (χ0n) is 11.1. The highest BCUT2D eigenvalue weighted by Crippen LogP contribution is 2.23. The SMILES string of the molecule is CSCC[C@H](NS(=O)(=O)c1ccc(C)cc1Br)C(=O)O. The third-order valence-electron chi connectivity index (χ3n) is 2.58. The maximum absolute atomic E-state index is 12.2. The van der Waals surface area contributed by atoms with E-state index in [1.54, 1.807) is 12.1 Å². The summed E-state index contributed by atoms with van der Waals surface area (Å²) < 4.78 is 27.1. The summed E-state index contributed by atoms with van der Waals surface area (Å²) in [6.07, 6.45) is 2.07. The van der Waals surface area contributed by atoms with Gasteiger partial charge < -0.3 is 5.11 Å². The summed E-state index contributed by atoms with van der Waals surface area (Å²) in [6, 6.07) is 3.67. The van der Waals surface area contributed by atoms with Gasteiger partial charge in [-0.2, -0.15) is 16.5 Å². The third kappa shape index (κ3) is 4.76. The molecule has 0 saturated carbocycles. The van der Waals surface area contributed by atoms with Gasteiger partial charge in [-0.05, 0) is 59.0 Å². The van der Waals surface area contributed by atoms with Crippen molar-refractivity contribution in [1.29, 1.82) is 0 Å². The predicted octanol–water partition coefficient (Wildman–Crippen LogP) is 2.24. The fourth-order valence-corrected chi connectivity index (χ4v) is 4.43. The highest BCUT2D eigenvalue weighted by molar-refractivity contribution is 9.10. The van der Waals surface area contributed by atoms with Gasteiger partial charge in [0.2, 0.25) is 10.0 Å². The van der Waals surface area contributed by atoms with E-state index in [2.05, 4.69) is 20.7 Å². The lowest BCUT2D eigenvalue weighted by atomic mass is 10.2. The Balaban J connectivity index is 3.00. The summed E-state index contributed by atoms with van der Waals surface area (Å²) in [5, 5.41) is 9.08. The normalized spacial score (nSPS) is 13.2. The monoisotopic (exact) mass is 381 g/mol. The summed E-state index contributed by atoms with van der Waals surface area (Å²) >= 11 is 4.66. The van der Waals surface area contributed by atoms with E-state index < -0.39 is 22.0 Å². The average molecular weight is 382 g/mol. The zero-order valence-corrected chi connectivity index (χ0v) is 14.3. The van der Waals surface area contributed by atoms with Gasteiger partial charge in [-0.15, -0.1) is 0 Å². The molecule has 1 aromatic rings. The Morgan fingerprint density at radius 1 is 1.50 bits per heavy atom. The largest absolute Gasteiger partial charge is 0.480 e. The maximum atomic E-state index is 12.2. The van der Waals surface area contributed by atoms with Crippen molar-refractivity contribution in [2.45, 2.75) is 24.3 Å². The van der Waals surface area contributed by atoms with Crippen LogP contribution in [0.3, 0.4) is 0 Å². The fraction of sp³-hybridized carbons (Fsp3) is 0.417. The average Bonchev–Trinajstić information content (AvgIpc) is 2.33. The van der Waals surface area contributed by atoms with Crippen LogP contribution in [-0.2, 0) is 14.8 Å². The molecular weight excluding hydrogens is 366 g/mol. The number of benzene rings is 1. The van der Waals surface area contributed by atoms with Crippen molar-refractivity contribution in [2.24, 2.45) is 0 Å². The fourth-order valence-electron chi connectivity index (χ4n) is 1.54. The Labute approximate surface area is 131 Å². The molecule has 1 atom stereocenters. The van der Waals surface area contributed by atoms with Crippen LogP contribution >= 0.6 is 27.7 Å². The van der Waals surface area contributed by atoms with Gasteiger partial charge in [0.1, 0.15) is 6.04 Å². The first kappa shape index (κ1) is 17.5. The molecule has 0 radical (unpaired) electrons. The van der Waals surface area contributed by atoms with Crippen molar-refractivity contribution in [1.82, 2.24) is 4.72 Å². The van der Waals surface area contributed by atoms with Crippen molar-refractivity contribution >= 4 is 43.7 Å². The molecule has 0 unspecified atom stereocenters. The van der Waals surface area contributed by atoms with Gasteiger partial charge >= 0.3 is 5.97 Å². The van der Waals surface area contributed by atoms with Gasteiger partial charge in [0.05, 0.1) is 4.90 Å². The Morgan fingerprint density at radius 3 is 2.65 bits per heavy atom. The van der Waals surface area contributed by atoms with Crippen molar-refractivity contribution in [3.63, 3.8) is 0 Å². The molecule has 0 aliphatic heterocycles. The molecule has 20 heavy (non-hydrogen) atoms. The summed E-state index contributed by atoms with van der Waals surface area (Å²) in [4.78, 5) is 11.1. The molecule has 1 rings (SSSR count). The maximum Gasteiger partial charge on any atom is 0.321 e. The van der Waals surface area contributed by atoms with E-state index >= 15 is 0 Å². The van der Waals surface area contributed by atoms with Crippen LogP contribution in [0.25, 0.3) is 0 Å². The molecule has 1 aromatic carbocycles. The number of nitrogens with one attached hydrogen (secondary N) is 1. The molecule has 0 amide bonds. The first-order chi connectivity index (χ1) is 9.27. The molecule has 0 aliphatic carbocycles. The molecule has 112 valence electrons. The molecule has 0 saturated heterocycles. The lowest BCUT2D eigenvalue weighted by molar-refractivity contribution is -0.139. The van der Waals surface area contributed by atoms with Crippen molar-refractivity contribution in [2.75, 3.05) is 12.0 Å². The molecule has 0 bridgehead atoms. The minimum absolute atomic E-state index is 0.0403. The highest BCUT2D eigenvalue weighted by atomic mass is 79.9. The van der Waals surface area contributed by atoms with Gasteiger partial charge in [0.25, 0.3) is 0 Å². The van der Waals surface area contributed by atoms with Gasteiger partial charge in [0.15, 0.2) is 0 Å². The second-order valence-electron chi connectivity index (χ2n) is 4.23. The smallest absolute Gasteiger partial charge is 0.321 e. The van der Waals surface area contributed by atoms with Gasteiger partial charge in [-0.25, -0.2) is 8.42 Å². The Morgan fingerprint density at radius 2 is 2.15 bits per heavy atom. The van der Waals surface area contributed by atoms with E-state index in [0.29, 0.717) is 10.2 Å². The lowest BCUT2D eigenvalue weighted by Gasteiger charge is -2.15. The molecular formula is C12H16BrNO4S2. The van der Waals surface area contributed by atoms with E-state index in [4.69, 9.17) is 5.11 Å². The number of aliphatic carboxylic acids is 1. The number of sulfonamides is 1. The van der Waals surface area contributed by atoms with Crippen LogP contribution in [0.5, 0.6) is 0 Å². The molecule has 8 heteroatoms. The summed E-state index contributed by atoms with van der Waals surface area (Å²) in [5.74, 6) is -0.611. The van der Waals surface area contributed by atoms with Crippen LogP contribution in [0.4, 0.5) is 0 Å². The van der Waals surface area contributed by atoms with Crippen LogP contribution in [0, 0.1) is 6.92 Å². The van der Waals surface area contributed by atoms with Crippen LogP contribution < -0.4 is 4.72 Å². The molecule has 0 spiro atoms. The van der Waals surface area contributed by atoms with E-state index in [1.807, 2.05) is 13.2 Å². The standard InChI is InChI=1S/C12H16BrNO4S2/c1-8-3-4-11(9(13)7-8)20(17,18)14-10(12(15)16)5-6-19-2/h3-4,7,10,14H,5-6H2,1-2H3,(H,15,16)/t10-/m0/s1. The molecule has 0 heterocycles. The number of carbonyl (C=O) groups is 1. The summed E-state index contributed by atoms with van der Waals surface area (Å²) in [6.45, 7) is 1.84. The Bertz CT molecular complexity index is 589. The topological polar surface area (TPSA) is 83.5 Å². The van der Waals surface area contributed by atoms with Gasteiger partial charge in [0, 0.05) is 4.47 Å². The number of carboxylic acids is 1. The van der Waals surface area contributed by atoms with E-state index in [9.17, 15) is 13.2 Å². The summed E-state index contributed by atoms with van der Waals surface area (Å²) in [7, 11) is -3.87. The molecule has 0 aromatic heterocycles. The lowest BCUT2D eigenvalue weighted by Crippen LogP contribution is -2.41. The minimum Gasteiger partial charge on any atom is -0.480 e. The van der Waals surface area contributed by atoms with Gasteiger partial charge in [-0.3, -0.25) is 4.79 Å². The van der Waals surface area contributed by atoms with Crippen LogP contribution in [0.15, 0.2) is 27.6 Å². The number of hydrogen-bond acceptors (Lipinski definition) is 4. The number of hydrogen-bond donors (Lipinski definition) is 2. The number of aryl methyl sites for hydroxylation is 1. The first-order valence-electron chi connectivity index (χ1n) is 5.78. The van der Waals surface area contributed by atoms with Gasteiger partial charge in [-0.1, -0.05) is 6.07 Å². The first-order valence-corrected chi connectivity index (χ1v) is 9.45. The second kappa shape index (κ2) is 7.44. The number of halogens is 1. The molecule has 2 N–H and O–H groups in total. The quantitative estimate of drug-likeness (QED) is 0.756. The van der Waals surface area contributed by atoms with Crippen LogP contribution in [-0.4, -0.2) is 37.5 Å². The molecule has 0 fully saturated rings. The van der Waals surface area contributed by atoms with Crippen molar-refractivity contribution in [3.8, 4) is 0 Å². The summed E-state index contributed by atoms with van der Waals surface area (Å²) in [5.41, 5.74) is 0.910. The Hall–Kier alpha value is -0.570. The van der Waals surface area contributed by atoms with Crippen LogP contribution in [0.2, 0.25) is 0 Å². The van der Waals surface area contributed by atoms with Crippen LogP contribution in [0.1, 0.15) is 12.0 Å². The van der Waals surface area contributed by atoms with E-state index in [0.717, 1.165) is 5.56 Å². The van der Waals surface area contributed by atoms with E-state index in [1.165, 1.54) is 17.8 Å². The highest BCUT2D eigenvalue weighted by Gasteiger charge is 2.26. The third-order valence-corrected chi connectivity index (χ3v) is 5.68. The number of thioether (sulfide) groups is 1. The molecule has 0 aliphatic rings. The van der Waals surface area contributed by atoms with Crippen molar-refractivity contribution < 1.29 is 18.3 Å². The second-order valence-corrected chi connectivity index (χ2v) is 7.75. The molecule has 5 nitrogen and oxygen atoms in total. The Kier molecular flexibility index (Phi) is 6.50. The number of rotatable bonds is 7. The van der Waals surface area contributed by atoms with E-state index in [-0.39, 0.29) is 11.3 Å². The zero-order chi connectivity index (χ0) is 15.3. The predicted molar refractivity (Wildman–Crippen MR) is 83.6 cm³/mol. The van der Waals surface area contributed by atoms with Crippen molar-refractivity contribution in [3.05, 3.63) is 28.2 Å². The number of carboxylic acid groups (broad SMARTS) is 1. The minimum atomic E-state index is -3.87.